The van der Waals surface area contributed by atoms with Crippen LogP contribution in [-0.2, 0) is 0 Å². The average Bonchev–Trinajstić information content (AvgIpc) is 2.99. The summed E-state index contributed by atoms with van der Waals surface area (Å²) < 4.78 is 6.27. The van der Waals surface area contributed by atoms with Gasteiger partial charge in [-0.25, -0.2) is 0 Å². The Morgan fingerprint density at radius 2 is 2.10 bits per heavy atom. The minimum Gasteiger partial charge on any atom is -0.496 e. The van der Waals surface area contributed by atoms with Gasteiger partial charge in [0.25, 0.3) is 0 Å². The van der Waals surface area contributed by atoms with Gasteiger partial charge in [-0.15, -0.1) is 0 Å². The highest BCUT2D eigenvalue weighted by atomic mass is 79.9. The summed E-state index contributed by atoms with van der Waals surface area (Å²) in [6.07, 6.45) is 2.69. The Hall–Kier alpha value is -0.620. The van der Waals surface area contributed by atoms with Crippen molar-refractivity contribution in [3.8, 4) is 5.75 Å². The van der Waals surface area contributed by atoms with E-state index in [0.29, 0.717) is 6.54 Å². The molecule has 1 fully saturated rings. The van der Waals surface area contributed by atoms with Crippen LogP contribution in [-0.4, -0.2) is 56.7 Å². The van der Waals surface area contributed by atoms with E-state index >= 15 is 0 Å². The summed E-state index contributed by atoms with van der Waals surface area (Å²) in [5.41, 5.74) is 7.24. The number of hydrogen-bond donors (Lipinski definition) is 1. The van der Waals surface area contributed by atoms with Crippen molar-refractivity contribution in [2.24, 2.45) is 5.73 Å². The molecule has 0 saturated carbocycles. The number of nitrogens with zero attached hydrogens (tertiary/aromatic N) is 2. The molecule has 5 heteroatoms. The predicted molar refractivity (Wildman–Crippen MR) is 90.8 cm³/mol. The minimum atomic E-state index is 0.245. The quantitative estimate of drug-likeness (QED) is 0.815. The molecule has 1 aliphatic rings. The fraction of sp³-hybridized carbons (Fsp3) is 0.625. The lowest BCUT2D eigenvalue weighted by Crippen LogP contribution is -2.36. The third-order valence-electron chi connectivity index (χ3n) is 4.28. The molecule has 1 atom stereocenters. The van der Waals surface area contributed by atoms with Gasteiger partial charge in [-0.1, -0.05) is 6.07 Å². The first-order valence-electron chi connectivity index (χ1n) is 7.61. The summed E-state index contributed by atoms with van der Waals surface area (Å²) in [6, 6.07) is 6.46. The maximum Gasteiger partial charge on any atom is 0.133 e. The Kier molecular flexibility index (Phi) is 6.48. The highest BCUT2D eigenvalue weighted by molar-refractivity contribution is 9.10. The number of likely N-dealkylation sites (tertiary alicyclic amines) is 1. The van der Waals surface area contributed by atoms with Crippen LogP contribution < -0.4 is 10.5 Å². The summed E-state index contributed by atoms with van der Waals surface area (Å²) in [5, 5.41) is 0. The Morgan fingerprint density at radius 3 is 2.67 bits per heavy atom. The van der Waals surface area contributed by atoms with Gasteiger partial charge >= 0.3 is 0 Å². The second-order valence-corrected chi connectivity index (χ2v) is 6.53. The molecular weight excluding hydrogens is 330 g/mol. The van der Waals surface area contributed by atoms with Crippen LogP contribution in [0.15, 0.2) is 22.7 Å². The second-order valence-electron chi connectivity index (χ2n) is 5.67. The van der Waals surface area contributed by atoms with Crippen LogP contribution in [0.3, 0.4) is 0 Å². The zero-order valence-corrected chi connectivity index (χ0v) is 14.6. The molecule has 0 amide bonds. The Labute approximate surface area is 136 Å². The van der Waals surface area contributed by atoms with Gasteiger partial charge in [0.15, 0.2) is 0 Å². The van der Waals surface area contributed by atoms with Crippen LogP contribution in [0.1, 0.15) is 24.4 Å². The molecule has 0 aliphatic carbocycles. The zero-order valence-electron chi connectivity index (χ0n) is 13.0. The zero-order chi connectivity index (χ0) is 15.2. The lowest BCUT2D eigenvalue weighted by Gasteiger charge is -2.29. The van der Waals surface area contributed by atoms with Gasteiger partial charge in [0.05, 0.1) is 11.6 Å². The smallest absolute Gasteiger partial charge is 0.133 e. The van der Waals surface area contributed by atoms with Crippen molar-refractivity contribution in [2.45, 2.75) is 18.9 Å². The Morgan fingerprint density at radius 1 is 1.38 bits per heavy atom. The summed E-state index contributed by atoms with van der Waals surface area (Å²) in [7, 11) is 3.84. The average molecular weight is 356 g/mol. The van der Waals surface area contributed by atoms with Crippen LogP contribution in [0.2, 0.25) is 0 Å². The molecule has 4 nitrogen and oxygen atoms in total. The van der Waals surface area contributed by atoms with Crippen molar-refractivity contribution in [2.75, 3.05) is 46.9 Å². The van der Waals surface area contributed by atoms with E-state index in [2.05, 4.69) is 44.9 Å². The molecule has 1 aromatic carbocycles. The third-order valence-corrected chi connectivity index (χ3v) is 4.90. The molecule has 1 unspecified atom stereocenters. The monoisotopic (exact) mass is 355 g/mol. The molecule has 1 saturated heterocycles. The van der Waals surface area contributed by atoms with Crippen molar-refractivity contribution < 1.29 is 4.74 Å². The highest BCUT2D eigenvalue weighted by Gasteiger charge is 2.18. The lowest BCUT2D eigenvalue weighted by atomic mass is 10.1. The van der Waals surface area contributed by atoms with Gasteiger partial charge in [-0.3, -0.25) is 4.90 Å². The molecule has 0 aromatic heterocycles. The lowest BCUT2D eigenvalue weighted by molar-refractivity contribution is 0.209. The summed E-state index contributed by atoms with van der Waals surface area (Å²) in [6.45, 7) is 5.29. The SMILES string of the molecule is COc1ccc(C(CN)N(C)CCN2CCCC2)cc1Br. The van der Waals surface area contributed by atoms with E-state index in [4.69, 9.17) is 10.5 Å². The standard InChI is InChI=1S/C16H26BrN3O/c1-19(9-10-20-7-3-4-8-20)15(12-18)13-5-6-16(21-2)14(17)11-13/h5-6,11,15H,3-4,7-10,12,18H2,1-2H3. The number of rotatable bonds is 7. The van der Waals surface area contributed by atoms with Gasteiger partial charge in [0, 0.05) is 25.7 Å². The van der Waals surface area contributed by atoms with Gasteiger partial charge in [-0.2, -0.15) is 0 Å². The van der Waals surface area contributed by atoms with Crippen molar-refractivity contribution in [1.29, 1.82) is 0 Å². The van der Waals surface area contributed by atoms with Crippen molar-refractivity contribution in [3.63, 3.8) is 0 Å². The summed E-state index contributed by atoms with van der Waals surface area (Å²) in [5.74, 6) is 0.856. The normalized spacial score (nSPS) is 17.4. The molecule has 2 N–H and O–H groups in total. The molecule has 1 heterocycles. The van der Waals surface area contributed by atoms with E-state index < -0.39 is 0 Å². The van der Waals surface area contributed by atoms with Crippen LogP contribution in [0.25, 0.3) is 0 Å². The van der Waals surface area contributed by atoms with Crippen molar-refractivity contribution >= 4 is 15.9 Å². The molecule has 2 rings (SSSR count). The third kappa shape index (κ3) is 4.42. The summed E-state index contributed by atoms with van der Waals surface area (Å²) >= 11 is 3.55. The molecule has 0 bridgehead atoms. The van der Waals surface area contributed by atoms with Crippen molar-refractivity contribution in [1.82, 2.24) is 9.80 Å². The number of halogens is 1. The van der Waals surface area contributed by atoms with Gasteiger partial charge in [-0.05, 0) is 66.6 Å². The predicted octanol–water partition coefficient (Wildman–Crippen LogP) is 2.49. The first-order chi connectivity index (χ1) is 10.2. The number of hydrogen-bond acceptors (Lipinski definition) is 4. The van der Waals surface area contributed by atoms with Crippen LogP contribution in [0, 0.1) is 0 Å². The van der Waals surface area contributed by atoms with Gasteiger partial charge in [0.2, 0.25) is 0 Å². The number of ether oxygens (including phenoxy) is 1. The van der Waals surface area contributed by atoms with Crippen molar-refractivity contribution in [3.05, 3.63) is 28.2 Å². The second kappa shape index (κ2) is 8.13. The van der Waals surface area contributed by atoms with E-state index in [1.165, 1.54) is 31.5 Å². The maximum atomic E-state index is 6.01. The molecule has 1 aromatic rings. The Bertz CT molecular complexity index is 449. The molecule has 0 radical (unpaired) electrons. The molecule has 118 valence electrons. The fourth-order valence-electron chi connectivity index (χ4n) is 2.92. The maximum absolute atomic E-state index is 6.01. The largest absolute Gasteiger partial charge is 0.496 e. The van der Waals surface area contributed by atoms with Gasteiger partial charge in [0.1, 0.15) is 5.75 Å². The van der Waals surface area contributed by atoms with Crippen LogP contribution in [0.5, 0.6) is 5.75 Å². The Balaban J connectivity index is 1.98. The highest BCUT2D eigenvalue weighted by Crippen LogP contribution is 2.29. The molecule has 1 aliphatic heterocycles. The topological polar surface area (TPSA) is 41.7 Å². The molecule has 21 heavy (non-hydrogen) atoms. The minimum absolute atomic E-state index is 0.245. The van der Waals surface area contributed by atoms with E-state index in [0.717, 1.165) is 23.3 Å². The number of benzene rings is 1. The van der Waals surface area contributed by atoms with E-state index in [1.54, 1.807) is 7.11 Å². The summed E-state index contributed by atoms with van der Waals surface area (Å²) in [4.78, 5) is 4.89. The molecule has 0 spiro atoms. The fourth-order valence-corrected chi connectivity index (χ4v) is 3.48. The van der Waals surface area contributed by atoms with E-state index in [9.17, 15) is 0 Å². The first-order valence-corrected chi connectivity index (χ1v) is 8.41. The van der Waals surface area contributed by atoms with E-state index in [1.807, 2.05) is 6.07 Å². The van der Waals surface area contributed by atoms with E-state index in [-0.39, 0.29) is 6.04 Å². The number of likely N-dealkylation sites (N-methyl/N-ethyl adjacent to an activating group) is 1. The van der Waals surface area contributed by atoms with Crippen LogP contribution in [0.4, 0.5) is 0 Å². The first kappa shape index (κ1) is 16.7. The number of nitrogens with two attached hydrogens (primary N) is 1. The van der Waals surface area contributed by atoms with Crippen LogP contribution >= 0.6 is 15.9 Å². The number of methoxy groups -OCH3 is 1. The van der Waals surface area contributed by atoms with Gasteiger partial charge < -0.3 is 15.4 Å². The molecular formula is C16H26BrN3O.